The first-order chi connectivity index (χ1) is 6.74. The van der Waals surface area contributed by atoms with Crippen molar-refractivity contribution >= 4 is 5.97 Å². The van der Waals surface area contributed by atoms with Gasteiger partial charge in [0.25, 0.3) is 0 Å². The average molecular weight is 195 g/mol. The summed E-state index contributed by atoms with van der Waals surface area (Å²) >= 11 is 0. The maximum Gasteiger partial charge on any atom is 0.0448 e. The Morgan fingerprint density at radius 3 is 2.86 bits per heavy atom. The molecule has 0 radical (unpaired) electrons. The maximum absolute atomic E-state index is 10.6. The van der Waals surface area contributed by atoms with Gasteiger partial charge >= 0.3 is 0 Å². The lowest BCUT2D eigenvalue weighted by atomic mass is 9.87. The first kappa shape index (κ1) is 11.3. The fourth-order valence-electron chi connectivity index (χ4n) is 1.93. The second-order valence-corrected chi connectivity index (χ2v) is 4.11. The van der Waals surface area contributed by atoms with Crippen molar-refractivity contribution in [3.63, 3.8) is 0 Å². The number of carbonyl (C=O) groups is 1. The fourth-order valence-corrected chi connectivity index (χ4v) is 1.93. The van der Waals surface area contributed by atoms with E-state index >= 15 is 0 Å². The van der Waals surface area contributed by atoms with Crippen LogP contribution < -0.4 is 5.11 Å². The molecule has 80 valence electrons. The minimum Gasteiger partial charge on any atom is -0.550 e. The third-order valence-electron chi connectivity index (χ3n) is 2.94. The normalized spacial score (nSPS) is 21.8. The van der Waals surface area contributed by atoms with Gasteiger partial charge in [-0.1, -0.05) is 31.4 Å². The highest BCUT2D eigenvalue weighted by Gasteiger charge is 2.14. The summed E-state index contributed by atoms with van der Waals surface area (Å²) in [7, 11) is 0. The van der Waals surface area contributed by atoms with Gasteiger partial charge in [-0.05, 0) is 32.1 Å². The van der Waals surface area contributed by atoms with Gasteiger partial charge in [0.1, 0.15) is 0 Å². The Balaban J connectivity index is 2.26. The number of hydrogen-bond acceptors (Lipinski definition) is 2. The standard InChI is InChI=1S/C12H20O2/c1-2-3-4-5-10-6-8-11(9-7-10)12(13)14/h6,11H,2-5,7-9H2,1H3,(H,13,14)/p-1. The van der Waals surface area contributed by atoms with Crippen LogP contribution in [0.25, 0.3) is 0 Å². The van der Waals surface area contributed by atoms with Gasteiger partial charge in [0, 0.05) is 11.9 Å². The largest absolute Gasteiger partial charge is 0.550 e. The molecule has 1 rings (SSSR count). The van der Waals surface area contributed by atoms with Crippen molar-refractivity contribution in [3.05, 3.63) is 11.6 Å². The number of rotatable bonds is 5. The Labute approximate surface area is 86.0 Å². The molecule has 1 aliphatic rings. The van der Waals surface area contributed by atoms with Crippen molar-refractivity contribution in [1.82, 2.24) is 0 Å². The van der Waals surface area contributed by atoms with Crippen LogP contribution in [0.2, 0.25) is 0 Å². The molecule has 0 aliphatic heterocycles. The zero-order valence-electron chi connectivity index (χ0n) is 8.92. The van der Waals surface area contributed by atoms with Gasteiger partial charge in [-0.2, -0.15) is 0 Å². The third-order valence-corrected chi connectivity index (χ3v) is 2.94. The minimum absolute atomic E-state index is 0.232. The van der Waals surface area contributed by atoms with E-state index in [1.807, 2.05) is 0 Å². The molecule has 0 spiro atoms. The first-order valence-corrected chi connectivity index (χ1v) is 5.62. The molecule has 0 aromatic rings. The van der Waals surface area contributed by atoms with Crippen molar-refractivity contribution < 1.29 is 9.90 Å². The summed E-state index contributed by atoms with van der Waals surface area (Å²) in [6.45, 7) is 2.20. The molecule has 1 atom stereocenters. The molecule has 0 heterocycles. The molecular formula is C12H19O2-. The van der Waals surface area contributed by atoms with E-state index in [0.29, 0.717) is 6.42 Å². The lowest BCUT2D eigenvalue weighted by Crippen LogP contribution is -2.32. The highest BCUT2D eigenvalue weighted by molar-refractivity contribution is 5.68. The molecule has 14 heavy (non-hydrogen) atoms. The van der Waals surface area contributed by atoms with Crippen LogP contribution in [0, 0.1) is 5.92 Å². The van der Waals surface area contributed by atoms with E-state index in [1.54, 1.807) is 0 Å². The predicted molar refractivity (Wildman–Crippen MR) is 54.6 cm³/mol. The van der Waals surface area contributed by atoms with E-state index in [-0.39, 0.29) is 5.92 Å². The molecule has 0 saturated heterocycles. The smallest absolute Gasteiger partial charge is 0.0448 e. The zero-order chi connectivity index (χ0) is 10.4. The van der Waals surface area contributed by atoms with Gasteiger partial charge in [-0.25, -0.2) is 0 Å². The monoisotopic (exact) mass is 195 g/mol. The lowest BCUT2D eigenvalue weighted by Gasteiger charge is -2.22. The van der Waals surface area contributed by atoms with Gasteiger partial charge in [-0.3, -0.25) is 0 Å². The molecule has 1 aliphatic carbocycles. The number of allylic oxidation sites excluding steroid dienone is 2. The molecule has 0 fully saturated rings. The van der Waals surface area contributed by atoms with Gasteiger partial charge in [0.2, 0.25) is 0 Å². The van der Waals surface area contributed by atoms with E-state index in [1.165, 1.54) is 24.8 Å². The molecule has 1 unspecified atom stereocenters. The quantitative estimate of drug-likeness (QED) is 0.497. The van der Waals surface area contributed by atoms with Crippen molar-refractivity contribution in [2.24, 2.45) is 5.92 Å². The SMILES string of the molecule is CCCCCC1=CCC(C(=O)[O-])CC1. The zero-order valence-corrected chi connectivity index (χ0v) is 8.92. The summed E-state index contributed by atoms with van der Waals surface area (Å²) < 4.78 is 0. The Morgan fingerprint density at radius 1 is 1.57 bits per heavy atom. The molecule has 0 aromatic carbocycles. The van der Waals surface area contributed by atoms with Crippen molar-refractivity contribution in [2.45, 2.75) is 51.9 Å². The summed E-state index contributed by atoms with van der Waals surface area (Å²) in [6, 6.07) is 0. The van der Waals surface area contributed by atoms with Crippen LogP contribution in [-0.2, 0) is 4.79 Å². The second-order valence-electron chi connectivity index (χ2n) is 4.11. The number of carboxylic acid groups (broad SMARTS) is 1. The lowest BCUT2D eigenvalue weighted by molar-refractivity contribution is -0.311. The highest BCUT2D eigenvalue weighted by atomic mass is 16.4. The van der Waals surface area contributed by atoms with Crippen LogP contribution in [0.4, 0.5) is 0 Å². The van der Waals surface area contributed by atoms with Crippen molar-refractivity contribution in [3.8, 4) is 0 Å². The first-order valence-electron chi connectivity index (χ1n) is 5.62. The number of aliphatic carboxylic acids is 1. The minimum atomic E-state index is -0.881. The molecule has 0 saturated carbocycles. The highest BCUT2D eigenvalue weighted by Crippen LogP contribution is 2.26. The second kappa shape index (κ2) is 5.84. The van der Waals surface area contributed by atoms with Gasteiger partial charge in [0.05, 0.1) is 0 Å². The molecular weight excluding hydrogens is 176 g/mol. The van der Waals surface area contributed by atoms with Gasteiger partial charge in [-0.15, -0.1) is 0 Å². The summed E-state index contributed by atoms with van der Waals surface area (Å²) in [5.41, 5.74) is 1.45. The van der Waals surface area contributed by atoms with Gasteiger partial charge in [0.15, 0.2) is 0 Å². The molecule has 0 aromatic heterocycles. The van der Waals surface area contributed by atoms with E-state index in [0.717, 1.165) is 19.3 Å². The summed E-state index contributed by atoms with van der Waals surface area (Å²) in [4.78, 5) is 10.6. The Bertz CT molecular complexity index is 218. The van der Waals surface area contributed by atoms with E-state index in [4.69, 9.17) is 0 Å². The number of carboxylic acids is 1. The van der Waals surface area contributed by atoms with Crippen LogP contribution in [0.5, 0.6) is 0 Å². The van der Waals surface area contributed by atoms with Crippen LogP contribution in [-0.4, -0.2) is 5.97 Å². The van der Waals surface area contributed by atoms with Crippen molar-refractivity contribution in [2.75, 3.05) is 0 Å². The van der Waals surface area contributed by atoms with E-state index < -0.39 is 5.97 Å². The van der Waals surface area contributed by atoms with Crippen molar-refractivity contribution in [1.29, 1.82) is 0 Å². The fraction of sp³-hybridized carbons (Fsp3) is 0.750. The topological polar surface area (TPSA) is 40.1 Å². The van der Waals surface area contributed by atoms with Crippen LogP contribution in [0.15, 0.2) is 11.6 Å². The Hall–Kier alpha value is -0.790. The third kappa shape index (κ3) is 3.52. The molecule has 2 heteroatoms. The molecule has 2 nitrogen and oxygen atoms in total. The number of unbranched alkanes of at least 4 members (excludes halogenated alkanes) is 2. The molecule has 0 amide bonds. The summed E-state index contributed by atoms with van der Waals surface area (Å²) in [5, 5.41) is 10.6. The Kier molecular flexibility index (Phi) is 4.71. The van der Waals surface area contributed by atoms with Crippen LogP contribution in [0.1, 0.15) is 51.9 Å². The van der Waals surface area contributed by atoms with Crippen LogP contribution in [0.3, 0.4) is 0 Å². The number of hydrogen-bond donors (Lipinski definition) is 0. The molecule has 0 N–H and O–H groups in total. The van der Waals surface area contributed by atoms with E-state index in [9.17, 15) is 9.90 Å². The Morgan fingerprint density at radius 2 is 2.36 bits per heavy atom. The summed E-state index contributed by atoms with van der Waals surface area (Å²) in [6.07, 6.45) is 9.47. The number of carbonyl (C=O) groups excluding carboxylic acids is 1. The maximum atomic E-state index is 10.6. The summed E-state index contributed by atoms with van der Waals surface area (Å²) in [5.74, 6) is -1.11. The predicted octanol–water partition coefficient (Wildman–Crippen LogP) is 2.04. The van der Waals surface area contributed by atoms with Gasteiger partial charge < -0.3 is 9.90 Å². The van der Waals surface area contributed by atoms with Crippen LogP contribution >= 0.6 is 0 Å². The van der Waals surface area contributed by atoms with E-state index in [2.05, 4.69) is 13.0 Å². The average Bonchev–Trinajstić information content (AvgIpc) is 2.19. The molecule has 0 bridgehead atoms.